The quantitative estimate of drug-likeness (QED) is 0.162. The number of carbonyl (C=O) groups excluding carboxylic acids is 2. The van der Waals surface area contributed by atoms with Crippen molar-refractivity contribution in [2.45, 2.75) is 40.5 Å². The lowest BCUT2D eigenvalue weighted by atomic mass is 10.0. The van der Waals surface area contributed by atoms with Crippen LogP contribution in [-0.4, -0.2) is 34.9 Å². The molecule has 0 saturated carbocycles. The van der Waals surface area contributed by atoms with Crippen molar-refractivity contribution in [1.82, 2.24) is 20.6 Å². The van der Waals surface area contributed by atoms with Gasteiger partial charge in [-0.2, -0.15) is 0 Å². The van der Waals surface area contributed by atoms with E-state index in [0.29, 0.717) is 24.2 Å². The Morgan fingerprint density at radius 2 is 0.935 bits per heavy atom. The summed E-state index contributed by atoms with van der Waals surface area (Å²) in [4.78, 5) is 36.5. The van der Waals surface area contributed by atoms with Crippen LogP contribution in [0, 0.1) is 27.7 Å². The van der Waals surface area contributed by atoms with E-state index in [0.717, 1.165) is 57.2 Å². The van der Waals surface area contributed by atoms with Gasteiger partial charge in [0, 0.05) is 35.0 Å². The molecule has 6 rings (SSSR count). The van der Waals surface area contributed by atoms with E-state index in [9.17, 15) is 9.59 Å². The molecular formula is C40H38N4O2. The van der Waals surface area contributed by atoms with E-state index in [1.54, 1.807) is 0 Å². The SMILES string of the molecule is Cc1ccc(-c2cc(C(=O)NCCCCNC(=O)c3cc(-c4ccc(C)c(C)c4)nc4ccccc34)c3ccccc3n2)cc1C. The summed E-state index contributed by atoms with van der Waals surface area (Å²) in [5.74, 6) is -0.260. The smallest absolute Gasteiger partial charge is 0.252 e. The molecule has 2 N–H and O–H groups in total. The largest absolute Gasteiger partial charge is 0.352 e. The summed E-state index contributed by atoms with van der Waals surface area (Å²) in [6.07, 6.45) is 1.45. The lowest BCUT2D eigenvalue weighted by Crippen LogP contribution is -2.27. The van der Waals surface area contributed by atoms with Crippen LogP contribution in [0.2, 0.25) is 0 Å². The Morgan fingerprint density at radius 1 is 0.522 bits per heavy atom. The number of para-hydroxylation sites is 2. The minimum atomic E-state index is -0.130. The van der Waals surface area contributed by atoms with Gasteiger partial charge in [0.2, 0.25) is 0 Å². The Balaban J connectivity index is 1.09. The molecule has 0 bridgehead atoms. The van der Waals surface area contributed by atoms with E-state index in [1.807, 2.05) is 60.7 Å². The lowest BCUT2D eigenvalue weighted by molar-refractivity contribution is 0.0941. The normalized spacial score (nSPS) is 11.1. The summed E-state index contributed by atoms with van der Waals surface area (Å²) in [7, 11) is 0. The van der Waals surface area contributed by atoms with E-state index < -0.39 is 0 Å². The average molecular weight is 607 g/mol. The number of nitrogens with one attached hydrogen (secondary N) is 2. The molecule has 0 atom stereocenters. The number of fused-ring (bicyclic) bond motifs is 2. The van der Waals surface area contributed by atoms with Crippen molar-refractivity contribution < 1.29 is 9.59 Å². The van der Waals surface area contributed by atoms with E-state index in [1.165, 1.54) is 22.3 Å². The fourth-order valence-corrected chi connectivity index (χ4v) is 5.67. The molecule has 0 saturated heterocycles. The fraction of sp³-hybridized carbons (Fsp3) is 0.200. The molecule has 230 valence electrons. The molecule has 2 aromatic heterocycles. The zero-order chi connectivity index (χ0) is 32.2. The van der Waals surface area contributed by atoms with Gasteiger partial charge in [0.15, 0.2) is 0 Å². The van der Waals surface area contributed by atoms with Crippen molar-refractivity contribution in [2.75, 3.05) is 13.1 Å². The molecule has 0 unspecified atom stereocenters. The second-order valence-corrected chi connectivity index (χ2v) is 12.0. The monoisotopic (exact) mass is 606 g/mol. The van der Waals surface area contributed by atoms with Gasteiger partial charge >= 0.3 is 0 Å². The molecule has 0 aliphatic carbocycles. The first-order valence-corrected chi connectivity index (χ1v) is 15.8. The molecule has 2 heterocycles. The van der Waals surface area contributed by atoms with Gasteiger partial charge in [-0.1, -0.05) is 60.7 Å². The van der Waals surface area contributed by atoms with Gasteiger partial charge in [-0.25, -0.2) is 9.97 Å². The molecule has 0 radical (unpaired) electrons. The van der Waals surface area contributed by atoms with Gasteiger partial charge in [-0.3, -0.25) is 9.59 Å². The van der Waals surface area contributed by atoms with Crippen LogP contribution in [0.3, 0.4) is 0 Å². The number of pyridine rings is 2. The highest BCUT2D eigenvalue weighted by molar-refractivity contribution is 6.08. The molecule has 0 fully saturated rings. The first-order chi connectivity index (χ1) is 22.3. The molecule has 0 aliphatic heterocycles. The molecular weight excluding hydrogens is 568 g/mol. The maximum atomic E-state index is 13.4. The Morgan fingerprint density at radius 3 is 1.35 bits per heavy atom. The van der Waals surface area contributed by atoms with Crippen LogP contribution < -0.4 is 10.6 Å². The van der Waals surface area contributed by atoms with Gasteiger partial charge < -0.3 is 10.6 Å². The van der Waals surface area contributed by atoms with Gasteiger partial charge in [-0.05, 0) is 99.2 Å². The number of nitrogens with zero attached hydrogens (tertiary/aromatic N) is 2. The van der Waals surface area contributed by atoms with Crippen LogP contribution in [0.25, 0.3) is 44.3 Å². The Bertz CT molecular complexity index is 1950. The van der Waals surface area contributed by atoms with Gasteiger partial charge in [0.05, 0.1) is 33.5 Å². The van der Waals surface area contributed by atoms with Crippen molar-refractivity contribution >= 4 is 33.6 Å². The minimum absolute atomic E-state index is 0.130. The second-order valence-electron chi connectivity index (χ2n) is 12.0. The van der Waals surface area contributed by atoms with E-state index in [-0.39, 0.29) is 11.8 Å². The van der Waals surface area contributed by atoms with Crippen LogP contribution in [-0.2, 0) is 0 Å². The molecule has 6 aromatic rings. The summed E-state index contributed by atoms with van der Waals surface area (Å²) in [5.41, 5.74) is 11.1. The predicted molar refractivity (Wildman–Crippen MR) is 187 cm³/mol. The molecule has 0 aliphatic rings. The van der Waals surface area contributed by atoms with Crippen LogP contribution in [0.15, 0.2) is 97.1 Å². The highest BCUT2D eigenvalue weighted by Crippen LogP contribution is 2.28. The topological polar surface area (TPSA) is 84.0 Å². The van der Waals surface area contributed by atoms with E-state index in [2.05, 4.69) is 74.7 Å². The Kier molecular flexibility index (Phi) is 8.88. The first-order valence-electron chi connectivity index (χ1n) is 15.8. The third-order valence-corrected chi connectivity index (χ3v) is 8.70. The summed E-state index contributed by atoms with van der Waals surface area (Å²) < 4.78 is 0. The second kappa shape index (κ2) is 13.3. The standard InChI is InChI=1S/C40H38N4O2/c1-25-15-17-29(21-27(25)3)37-23-33(31-11-5-7-13-35(31)43-37)39(45)41-19-9-10-20-42-40(46)34-24-38(30-18-16-26(2)28(4)22-30)44-36-14-8-6-12-32(34)36/h5-8,11-18,21-24H,9-10,19-20H2,1-4H3,(H,41,45)(H,42,46). The highest BCUT2D eigenvalue weighted by Gasteiger charge is 2.16. The Labute approximate surface area is 269 Å². The summed E-state index contributed by atoms with van der Waals surface area (Å²) in [6.45, 7) is 9.33. The van der Waals surface area contributed by atoms with Crippen LogP contribution in [0.1, 0.15) is 55.8 Å². The number of aromatic nitrogens is 2. The summed E-state index contributed by atoms with van der Waals surface area (Å²) >= 11 is 0. The zero-order valence-corrected chi connectivity index (χ0v) is 26.8. The summed E-state index contributed by atoms with van der Waals surface area (Å²) in [5, 5.41) is 7.81. The van der Waals surface area contributed by atoms with Crippen LogP contribution in [0.5, 0.6) is 0 Å². The third kappa shape index (κ3) is 6.52. The van der Waals surface area contributed by atoms with Gasteiger partial charge in [-0.15, -0.1) is 0 Å². The Hall–Kier alpha value is -5.36. The van der Waals surface area contributed by atoms with Gasteiger partial charge in [0.25, 0.3) is 11.8 Å². The molecule has 6 nitrogen and oxygen atoms in total. The molecule has 6 heteroatoms. The zero-order valence-electron chi connectivity index (χ0n) is 26.8. The van der Waals surface area contributed by atoms with Crippen molar-refractivity contribution in [3.8, 4) is 22.5 Å². The van der Waals surface area contributed by atoms with Crippen molar-refractivity contribution in [3.05, 3.63) is 130 Å². The summed E-state index contributed by atoms with van der Waals surface area (Å²) in [6, 6.07) is 31.7. The maximum Gasteiger partial charge on any atom is 0.252 e. The molecule has 0 spiro atoms. The number of unbranched alkanes of at least 4 members (excludes halogenated alkanes) is 1. The first kappa shape index (κ1) is 30.7. The number of rotatable bonds is 9. The highest BCUT2D eigenvalue weighted by atomic mass is 16.2. The van der Waals surface area contributed by atoms with Crippen molar-refractivity contribution in [1.29, 1.82) is 0 Å². The molecule has 4 aromatic carbocycles. The minimum Gasteiger partial charge on any atom is -0.352 e. The predicted octanol–water partition coefficient (Wildman–Crippen LogP) is 8.29. The molecule has 46 heavy (non-hydrogen) atoms. The van der Waals surface area contributed by atoms with E-state index >= 15 is 0 Å². The third-order valence-electron chi connectivity index (χ3n) is 8.70. The number of hydrogen-bond acceptors (Lipinski definition) is 4. The van der Waals surface area contributed by atoms with Crippen LogP contribution in [0.4, 0.5) is 0 Å². The van der Waals surface area contributed by atoms with Crippen molar-refractivity contribution in [3.63, 3.8) is 0 Å². The number of benzene rings is 4. The fourth-order valence-electron chi connectivity index (χ4n) is 5.67. The lowest BCUT2D eigenvalue weighted by Gasteiger charge is -2.12. The number of carbonyl (C=O) groups is 2. The number of amides is 2. The number of aryl methyl sites for hydroxylation is 4. The molecule has 2 amide bonds. The van der Waals surface area contributed by atoms with Crippen molar-refractivity contribution in [2.24, 2.45) is 0 Å². The van der Waals surface area contributed by atoms with E-state index in [4.69, 9.17) is 9.97 Å². The van der Waals surface area contributed by atoms with Gasteiger partial charge in [0.1, 0.15) is 0 Å². The number of hydrogen-bond donors (Lipinski definition) is 2. The average Bonchev–Trinajstić information content (AvgIpc) is 3.07. The van der Waals surface area contributed by atoms with Crippen LogP contribution >= 0.6 is 0 Å². The maximum absolute atomic E-state index is 13.4.